The largest absolute Gasteiger partial charge is 0.383 e. The molecule has 0 aliphatic heterocycles. The number of para-hydroxylation sites is 1. The van der Waals surface area contributed by atoms with E-state index in [0.29, 0.717) is 34.0 Å². The Morgan fingerprint density at radius 3 is 2.59 bits per heavy atom. The Morgan fingerprint density at radius 2 is 1.93 bits per heavy atom. The average molecular weight is 383 g/mol. The molecule has 0 aliphatic rings. The summed E-state index contributed by atoms with van der Waals surface area (Å²) in [4.78, 5) is 28.9. The summed E-state index contributed by atoms with van der Waals surface area (Å²) in [6, 6.07) is 14.3. The summed E-state index contributed by atoms with van der Waals surface area (Å²) in [6.45, 7) is 2.36. The highest BCUT2D eigenvalue weighted by atomic mass is 32.2. The first-order valence-electron chi connectivity index (χ1n) is 8.53. The van der Waals surface area contributed by atoms with Crippen LogP contribution in [-0.4, -0.2) is 29.2 Å². The molecule has 1 atom stereocenters. The molecule has 3 rings (SSSR count). The Kier molecular flexibility index (Phi) is 5.93. The summed E-state index contributed by atoms with van der Waals surface area (Å²) in [5.41, 5.74) is 7.36. The van der Waals surface area contributed by atoms with Gasteiger partial charge < -0.3 is 10.5 Å². The molecule has 6 nitrogen and oxygen atoms in total. The van der Waals surface area contributed by atoms with Gasteiger partial charge in [0.2, 0.25) is 5.91 Å². The lowest BCUT2D eigenvalue weighted by molar-refractivity contribution is 0.100. The van der Waals surface area contributed by atoms with E-state index in [0.717, 1.165) is 5.56 Å². The lowest BCUT2D eigenvalue weighted by atomic mass is 10.1. The van der Waals surface area contributed by atoms with Gasteiger partial charge in [0.1, 0.15) is 0 Å². The number of amides is 1. The van der Waals surface area contributed by atoms with Crippen molar-refractivity contribution in [3.8, 4) is 0 Å². The number of fused-ring (bicyclic) bond motifs is 1. The van der Waals surface area contributed by atoms with Crippen molar-refractivity contribution in [2.75, 3.05) is 13.7 Å². The zero-order valence-electron chi connectivity index (χ0n) is 15.2. The molecule has 1 heterocycles. The van der Waals surface area contributed by atoms with Crippen molar-refractivity contribution >= 4 is 28.6 Å². The van der Waals surface area contributed by atoms with Crippen molar-refractivity contribution in [3.05, 3.63) is 70.0 Å². The molecule has 1 aromatic heterocycles. The van der Waals surface area contributed by atoms with Crippen LogP contribution in [0, 0.1) is 0 Å². The van der Waals surface area contributed by atoms with Crippen molar-refractivity contribution in [2.45, 2.75) is 23.9 Å². The normalized spacial score (nSPS) is 12.2. The van der Waals surface area contributed by atoms with Crippen molar-refractivity contribution in [1.29, 1.82) is 0 Å². The van der Waals surface area contributed by atoms with E-state index in [1.165, 1.54) is 11.8 Å². The number of carbonyl (C=O) groups is 1. The lowest BCUT2D eigenvalue weighted by Gasteiger charge is -2.19. The number of hydrogen-bond donors (Lipinski definition) is 1. The van der Waals surface area contributed by atoms with E-state index in [1.807, 2.05) is 37.3 Å². The molecule has 140 valence electrons. The molecule has 2 aromatic carbocycles. The Bertz CT molecular complexity index is 1020. The summed E-state index contributed by atoms with van der Waals surface area (Å²) in [7, 11) is 1.61. The molecule has 7 heteroatoms. The van der Waals surface area contributed by atoms with Crippen molar-refractivity contribution < 1.29 is 9.53 Å². The SMILES string of the molecule is COC[C@H](C)n1c(SCc2ccc(C(N)=O)cc2)nc2ccccc2c1=O. The maximum Gasteiger partial charge on any atom is 0.262 e. The van der Waals surface area contributed by atoms with Gasteiger partial charge >= 0.3 is 0 Å². The summed E-state index contributed by atoms with van der Waals surface area (Å²) in [5.74, 6) is 0.163. The monoisotopic (exact) mass is 383 g/mol. The Hall–Kier alpha value is -2.64. The number of hydrogen-bond acceptors (Lipinski definition) is 5. The van der Waals surface area contributed by atoms with Crippen LogP contribution in [0.25, 0.3) is 10.9 Å². The maximum absolute atomic E-state index is 13.0. The first-order valence-corrected chi connectivity index (χ1v) is 9.51. The predicted molar refractivity (Wildman–Crippen MR) is 107 cm³/mol. The number of aromatic nitrogens is 2. The van der Waals surface area contributed by atoms with E-state index in [-0.39, 0.29) is 11.6 Å². The van der Waals surface area contributed by atoms with Crippen molar-refractivity contribution in [3.63, 3.8) is 0 Å². The smallest absolute Gasteiger partial charge is 0.262 e. The van der Waals surface area contributed by atoms with Crippen LogP contribution >= 0.6 is 11.8 Å². The molecular formula is C20H21N3O3S. The number of rotatable bonds is 7. The number of carbonyl (C=O) groups excluding carboxylic acids is 1. The van der Waals surface area contributed by atoms with E-state index in [4.69, 9.17) is 15.5 Å². The summed E-state index contributed by atoms with van der Waals surface area (Å²) < 4.78 is 6.93. The van der Waals surface area contributed by atoms with Gasteiger partial charge in [-0.1, -0.05) is 36.0 Å². The van der Waals surface area contributed by atoms with Gasteiger partial charge in [0, 0.05) is 18.4 Å². The van der Waals surface area contributed by atoms with Crippen molar-refractivity contribution in [1.82, 2.24) is 9.55 Å². The van der Waals surface area contributed by atoms with Crippen LogP contribution in [0.5, 0.6) is 0 Å². The van der Waals surface area contributed by atoms with Gasteiger partial charge in [-0.05, 0) is 36.8 Å². The zero-order valence-corrected chi connectivity index (χ0v) is 16.0. The molecule has 27 heavy (non-hydrogen) atoms. The number of ether oxygens (including phenoxy) is 1. The fraction of sp³-hybridized carbons (Fsp3) is 0.250. The topological polar surface area (TPSA) is 87.2 Å². The van der Waals surface area contributed by atoms with Crippen LogP contribution in [0.3, 0.4) is 0 Å². The number of nitrogens with two attached hydrogens (primary N) is 1. The third-order valence-corrected chi connectivity index (χ3v) is 5.25. The first kappa shape index (κ1) is 19.1. The molecule has 3 aromatic rings. The molecule has 1 amide bonds. The standard InChI is InChI=1S/C20H21N3O3S/c1-13(11-26-2)23-19(25)16-5-3-4-6-17(16)22-20(23)27-12-14-7-9-15(10-8-14)18(21)24/h3-10,13H,11-12H2,1-2H3,(H2,21,24)/t13-/m0/s1. The van der Waals surface area contributed by atoms with Gasteiger partial charge in [0.25, 0.3) is 5.56 Å². The maximum atomic E-state index is 13.0. The second kappa shape index (κ2) is 8.37. The van der Waals surface area contributed by atoms with Crippen LogP contribution in [0.15, 0.2) is 58.5 Å². The van der Waals surface area contributed by atoms with Crippen LogP contribution in [0.2, 0.25) is 0 Å². The molecule has 0 bridgehead atoms. The van der Waals surface area contributed by atoms with Gasteiger partial charge in [0.15, 0.2) is 5.16 Å². The fourth-order valence-corrected chi connectivity index (χ4v) is 3.90. The average Bonchev–Trinajstić information content (AvgIpc) is 2.67. The highest BCUT2D eigenvalue weighted by Crippen LogP contribution is 2.24. The van der Waals surface area contributed by atoms with Gasteiger partial charge in [-0.25, -0.2) is 4.98 Å². The lowest BCUT2D eigenvalue weighted by Crippen LogP contribution is -2.28. The number of nitrogens with zero attached hydrogens (tertiary/aromatic N) is 2. The summed E-state index contributed by atoms with van der Waals surface area (Å²) in [5, 5.41) is 1.23. The predicted octanol–water partition coefficient (Wildman–Crippen LogP) is 3.00. The fourth-order valence-electron chi connectivity index (χ4n) is 2.84. The molecule has 0 unspecified atom stereocenters. The van der Waals surface area contributed by atoms with Crippen molar-refractivity contribution in [2.24, 2.45) is 5.73 Å². The third-order valence-electron chi connectivity index (χ3n) is 4.23. The van der Waals surface area contributed by atoms with Crippen LogP contribution < -0.4 is 11.3 Å². The second-order valence-corrected chi connectivity index (χ2v) is 7.18. The second-order valence-electron chi connectivity index (χ2n) is 6.24. The van der Waals surface area contributed by atoms with Crippen LogP contribution in [0.4, 0.5) is 0 Å². The quantitative estimate of drug-likeness (QED) is 0.501. The number of thioether (sulfide) groups is 1. The molecule has 0 saturated carbocycles. The van der Waals surface area contributed by atoms with Crippen LogP contribution in [-0.2, 0) is 10.5 Å². The summed E-state index contributed by atoms with van der Waals surface area (Å²) >= 11 is 1.48. The summed E-state index contributed by atoms with van der Waals surface area (Å²) in [6.07, 6.45) is 0. The minimum atomic E-state index is -0.451. The Morgan fingerprint density at radius 1 is 1.22 bits per heavy atom. The third kappa shape index (κ3) is 4.20. The highest BCUT2D eigenvalue weighted by Gasteiger charge is 2.16. The molecule has 0 fully saturated rings. The Balaban J connectivity index is 1.95. The van der Waals surface area contributed by atoms with E-state index < -0.39 is 5.91 Å². The van der Waals surface area contributed by atoms with E-state index in [9.17, 15) is 9.59 Å². The molecular weight excluding hydrogens is 362 g/mol. The molecule has 0 aliphatic carbocycles. The number of primary amides is 1. The van der Waals surface area contributed by atoms with Gasteiger partial charge in [-0.3, -0.25) is 14.2 Å². The molecule has 0 saturated heterocycles. The molecule has 0 radical (unpaired) electrons. The number of benzene rings is 2. The Labute approximate surface area is 161 Å². The minimum absolute atomic E-state index is 0.0725. The van der Waals surface area contributed by atoms with Gasteiger partial charge in [0.05, 0.1) is 23.6 Å². The zero-order chi connectivity index (χ0) is 19.4. The van der Waals surface area contributed by atoms with Gasteiger partial charge in [-0.15, -0.1) is 0 Å². The number of methoxy groups -OCH3 is 1. The highest BCUT2D eigenvalue weighted by molar-refractivity contribution is 7.98. The van der Waals surface area contributed by atoms with E-state index in [1.54, 1.807) is 29.9 Å². The molecule has 2 N–H and O–H groups in total. The van der Waals surface area contributed by atoms with Crippen LogP contribution in [0.1, 0.15) is 28.9 Å². The first-order chi connectivity index (χ1) is 13.0. The van der Waals surface area contributed by atoms with Gasteiger partial charge in [-0.2, -0.15) is 0 Å². The minimum Gasteiger partial charge on any atom is -0.383 e. The van der Waals surface area contributed by atoms with E-state index in [2.05, 4.69) is 0 Å². The van der Waals surface area contributed by atoms with E-state index >= 15 is 0 Å². The molecule has 0 spiro atoms.